The number of rotatable bonds is 4. The maximum atomic E-state index is 12.2. The van der Waals surface area contributed by atoms with Crippen molar-refractivity contribution < 1.29 is 9.59 Å². The van der Waals surface area contributed by atoms with E-state index in [1.807, 2.05) is 12.1 Å². The van der Waals surface area contributed by atoms with Gasteiger partial charge in [0.2, 0.25) is 11.8 Å². The van der Waals surface area contributed by atoms with E-state index in [1.54, 1.807) is 41.3 Å². The molecule has 2 amide bonds. The summed E-state index contributed by atoms with van der Waals surface area (Å²) in [7, 11) is 0. The van der Waals surface area contributed by atoms with Crippen LogP contribution in [0.4, 0.5) is 5.69 Å². The van der Waals surface area contributed by atoms with Crippen LogP contribution in [-0.2, 0) is 9.59 Å². The lowest BCUT2D eigenvalue weighted by Crippen LogP contribution is -2.30. The van der Waals surface area contributed by atoms with E-state index in [9.17, 15) is 9.59 Å². The highest BCUT2D eigenvalue weighted by molar-refractivity contribution is 6.33. The number of carbonyl (C=O) groups excluding carboxylic acids is 2. The van der Waals surface area contributed by atoms with Crippen LogP contribution < -0.4 is 10.3 Å². The third-order valence-corrected chi connectivity index (χ3v) is 4.51. The Bertz CT molecular complexity index is 821. The zero-order chi connectivity index (χ0) is 17.8. The molecule has 0 radical (unpaired) electrons. The first kappa shape index (κ1) is 17.5. The number of nitrogens with one attached hydrogen (secondary N) is 1. The van der Waals surface area contributed by atoms with Crippen molar-refractivity contribution in [3.8, 4) is 0 Å². The molecule has 0 unspecified atom stereocenters. The number of hydrogen-bond donors (Lipinski definition) is 1. The lowest BCUT2D eigenvalue weighted by molar-refractivity contribution is -0.126. The first-order valence-corrected chi connectivity index (χ1v) is 8.43. The molecular formula is C18H15Cl2N3O2. The second-order valence-corrected chi connectivity index (χ2v) is 6.48. The summed E-state index contributed by atoms with van der Waals surface area (Å²) in [6.45, 7) is 0.313. The average Bonchev–Trinajstić information content (AvgIpc) is 2.99. The van der Waals surface area contributed by atoms with Crippen LogP contribution in [0.3, 0.4) is 0 Å². The van der Waals surface area contributed by atoms with Crippen molar-refractivity contribution in [3.63, 3.8) is 0 Å². The van der Waals surface area contributed by atoms with Gasteiger partial charge in [0.1, 0.15) is 0 Å². The summed E-state index contributed by atoms with van der Waals surface area (Å²) in [5, 5.41) is 5.07. The van der Waals surface area contributed by atoms with Crippen molar-refractivity contribution in [1.29, 1.82) is 0 Å². The van der Waals surface area contributed by atoms with E-state index in [0.29, 0.717) is 22.2 Å². The first-order valence-electron chi connectivity index (χ1n) is 7.68. The minimum absolute atomic E-state index is 0.0995. The summed E-state index contributed by atoms with van der Waals surface area (Å²) in [6.07, 6.45) is 1.63. The number of nitrogens with zero attached hydrogens (tertiary/aromatic N) is 2. The van der Waals surface area contributed by atoms with Gasteiger partial charge in [-0.3, -0.25) is 9.59 Å². The number of halogens is 2. The zero-order valence-electron chi connectivity index (χ0n) is 13.2. The lowest BCUT2D eigenvalue weighted by Gasteiger charge is -2.16. The van der Waals surface area contributed by atoms with Gasteiger partial charge in [0.05, 0.1) is 12.1 Å². The van der Waals surface area contributed by atoms with Gasteiger partial charge < -0.3 is 4.90 Å². The van der Waals surface area contributed by atoms with E-state index >= 15 is 0 Å². The van der Waals surface area contributed by atoms with Crippen molar-refractivity contribution in [2.24, 2.45) is 11.0 Å². The predicted molar refractivity (Wildman–Crippen MR) is 99.1 cm³/mol. The molecule has 7 heteroatoms. The number of hydrazone groups is 1. The fourth-order valence-electron chi connectivity index (χ4n) is 2.59. The molecule has 1 saturated heterocycles. The van der Waals surface area contributed by atoms with Gasteiger partial charge in [-0.15, -0.1) is 0 Å². The molecule has 1 aliphatic rings. The normalized spacial score (nSPS) is 17.3. The highest BCUT2D eigenvalue weighted by atomic mass is 35.5. The van der Waals surface area contributed by atoms with E-state index in [2.05, 4.69) is 10.5 Å². The molecule has 1 fully saturated rings. The van der Waals surface area contributed by atoms with Crippen LogP contribution in [0.2, 0.25) is 10.0 Å². The monoisotopic (exact) mass is 375 g/mol. The van der Waals surface area contributed by atoms with Crippen LogP contribution in [0.5, 0.6) is 0 Å². The molecule has 25 heavy (non-hydrogen) atoms. The van der Waals surface area contributed by atoms with Gasteiger partial charge >= 0.3 is 0 Å². The molecule has 1 aliphatic heterocycles. The van der Waals surface area contributed by atoms with Crippen LogP contribution >= 0.6 is 23.2 Å². The predicted octanol–water partition coefficient (Wildman–Crippen LogP) is 3.50. The summed E-state index contributed by atoms with van der Waals surface area (Å²) in [4.78, 5) is 26.0. The summed E-state index contributed by atoms with van der Waals surface area (Å²) in [6, 6.07) is 14.1. The standard InChI is InChI=1S/C18H15Cl2N3O2/c19-14-5-7-15(8-6-14)23-11-13(9-17(23)24)18(25)22-21-10-12-3-1-2-4-16(12)20/h1-8,10,13H,9,11H2,(H,22,25)/b21-10-/t13-/m1/s1. The Kier molecular flexibility index (Phi) is 5.36. The van der Waals surface area contributed by atoms with Crippen molar-refractivity contribution in [2.75, 3.05) is 11.4 Å². The van der Waals surface area contributed by atoms with Gasteiger partial charge in [0.25, 0.3) is 0 Å². The number of carbonyl (C=O) groups is 2. The molecule has 0 aliphatic carbocycles. The molecule has 1 N–H and O–H groups in total. The molecule has 128 valence electrons. The number of benzene rings is 2. The summed E-state index contributed by atoms with van der Waals surface area (Å²) < 4.78 is 0. The van der Waals surface area contributed by atoms with E-state index < -0.39 is 5.92 Å². The summed E-state index contributed by atoms with van der Waals surface area (Å²) in [5.41, 5.74) is 3.90. The van der Waals surface area contributed by atoms with Gasteiger partial charge in [-0.1, -0.05) is 41.4 Å². The average molecular weight is 376 g/mol. The third-order valence-electron chi connectivity index (χ3n) is 3.92. The first-order chi connectivity index (χ1) is 12.0. The SMILES string of the molecule is O=C(N/N=C\c1ccccc1Cl)[C@@H]1CC(=O)N(c2ccc(Cl)cc2)C1. The molecule has 2 aromatic carbocycles. The van der Waals surface area contributed by atoms with Gasteiger partial charge in [-0.2, -0.15) is 5.10 Å². The van der Waals surface area contributed by atoms with Gasteiger partial charge in [-0.25, -0.2) is 5.43 Å². The minimum atomic E-state index is -0.452. The molecule has 0 aromatic heterocycles. The van der Waals surface area contributed by atoms with Crippen LogP contribution in [0.1, 0.15) is 12.0 Å². The molecule has 1 atom stereocenters. The van der Waals surface area contributed by atoms with Crippen molar-refractivity contribution in [2.45, 2.75) is 6.42 Å². The van der Waals surface area contributed by atoms with Crippen molar-refractivity contribution in [1.82, 2.24) is 5.43 Å². The molecule has 0 bridgehead atoms. The minimum Gasteiger partial charge on any atom is -0.312 e. The highest BCUT2D eigenvalue weighted by Gasteiger charge is 2.35. The fourth-order valence-corrected chi connectivity index (χ4v) is 2.90. The van der Waals surface area contributed by atoms with E-state index in [-0.39, 0.29) is 18.2 Å². The molecule has 3 rings (SSSR count). The maximum Gasteiger partial charge on any atom is 0.245 e. The summed E-state index contributed by atoms with van der Waals surface area (Å²) >= 11 is 11.9. The Hall–Kier alpha value is -2.37. The largest absolute Gasteiger partial charge is 0.312 e. The number of anilines is 1. The zero-order valence-corrected chi connectivity index (χ0v) is 14.7. The van der Waals surface area contributed by atoms with Gasteiger partial charge in [-0.05, 0) is 30.3 Å². The Morgan fingerprint density at radius 3 is 2.60 bits per heavy atom. The topological polar surface area (TPSA) is 61.8 Å². The van der Waals surface area contributed by atoms with Crippen molar-refractivity contribution >= 4 is 46.9 Å². The van der Waals surface area contributed by atoms with E-state index in [0.717, 1.165) is 5.69 Å². The van der Waals surface area contributed by atoms with E-state index in [4.69, 9.17) is 23.2 Å². The van der Waals surface area contributed by atoms with Crippen molar-refractivity contribution in [3.05, 3.63) is 64.1 Å². The molecule has 1 heterocycles. The molecule has 0 saturated carbocycles. The Morgan fingerprint density at radius 2 is 1.88 bits per heavy atom. The number of amides is 2. The van der Waals surface area contributed by atoms with E-state index in [1.165, 1.54) is 6.21 Å². The highest BCUT2D eigenvalue weighted by Crippen LogP contribution is 2.26. The van der Waals surface area contributed by atoms with Gasteiger partial charge in [0.15, 0.2) is 0 Å². The van der Waals surface area contributed by atoms with Gasteiger partial charge in [0, 0.05) is 34.3 Å². The number of hydrogen-bond acceptors (Lipinski definition) is 3. The second-order valence-electron chi connectivity index (χ2n) is 5.64. The smallest absolute Gasteiger partial charge is 0.245 e. The third kappa shape index (κ3) is 4.18. The summed E-state index contributed by atoms with van der Waals surface area (Å²) in [5.74, 6) is -0.850. The molecular weight excluding hydrogens is 361 g/mol. The quantitative estimate of drug-likeness (QED) is 0.656. The molecule has 5 nitrogen and oxygen atoms in total. The Labute approximate surface area is 155 Å². The molecule has 2 aromatic rings. The second kappa shape index (κ2) is 7.68. The van der Waals surface area contributed by atoms with Crippen LogP contribution in [-0.4, -0.2) is 24.6 Å². The Balaban J connectivity index is 1.61. The maximum absolute atomic E-state index is 12.2. The van der Waals surface area contributed by atoms with Crippen LogP contribution in [0.15, 0.2) is 53.6 Å². The van der Waals surface area contributed by atoms with Crippen LogP contribution in [0, 0.1) is 5.92 Å². The molecule has 0 spiro atoms. The fraction of sp³-hybridized carbons (Fsp3) is 0.167. The Morgan fingerprint density at radius 1 is 1.16 bits per heavy atom. The lowest BCUT2D eigenvalue weighted by atomic mass is 10.1. The van der Waals surface area contributed by atoms with Crippen LogP contribution in [0.25, 0.3) is 0 Å².